The summed E-state index contributed by atoms with van der Waals surface area (Å²) in [5, 5.41) is 10.9. The molecule has 0 aliphatic heterocycles. The number of hydrogen-bond donors (Lipinski definition) is 1. The van der Waals surface area contributed by atoms with Crippen LogP contribution in [0.25, 0.3) is 0 Å². The zero-order valence-electron chi connectivity index (χ0n) is 10.3. The van der Waals surface area contributed by atoms with Crippen molar-refractivity contribution in [1.29, 1.82) is 0 Å². The molecule has 0 bridgehead atoms. The predicted octanol–water partition coefficient (Wildman–Crippen LogP) is 3.92. The molecule has 6 nitrogen and oxygen atoms in total. The van der Waals surface area contributed by atoms with Crippen molar-refractivity contribution in [3.8, 4) is 0 Å². The van der Waals surface area contributed by atoms with Crippen LogP contribution < -0.4 is 4.72 Å². The number of hydrogen-bond acceptors (Lipinski definition) is 4. The topological polar surface area (TPSA) is 89.3 Å². The van der Waals surface area contributed by atoms with E-state index in [1.165, 1.54) is 30.3 Å². The Morgan fingerprint density at radius 1 is 1.10 bits per heavy atom. The van der Waals surface area contributed by atoms with Gasteiger partial charge in [-0.05, 0) is 40.2 Å². The van der Waals surface area contributed by atoms with E-state index in [4.69, 9.17) is 0 Å². The zero-order chi connectivity index (χ0) is 15.6. The number of nitrogens with one attached hydrogen (secondary N) is 1. The van der Waals surface area contributed by atoms with Crippen molar-refractivity contribution in [3.63, 3.8) is 0 Å². The van der Waals surface area contributed by atoms with Gasteiger partial charge in [-0.1, -0.05) is 28.1 Å². The molecule has 2 rings (SSSR count). The van der Waals surface area contributed by atoms with Gasteiger partial charge in [-0.25, -0.2) is 8.42 Å². The summed E-state index contributed by atoms with van der Waals surface area (Å²) in [5.74, 6) is 0. The Bertz CT molecular complexity index is 809. The first-order valence-electron chi connectivity index (χ1n) is 5.52. The molecule has 0 saturated carbocycles. The zero-order valence-corrected chi connectivity index (χ0v) is 14.3. The van der Waals surface area contributed by atoms with Crippen LogP contribution in [-0.2, 0) is 10.0 Å². The third-order valence-corrected chi connectivity index (χ3v) is 5.36. The fourth-order valence-electron chi connectivity index (χ4n) is 1.61. The number of anilines is 1. The summed E-state index contributed by atoms with van der Waals surface area (Å²) in [6.45, 7) is 0. The average molecular weight is 436 g/mol. The Hall–Kier alpha value is -1.45. The van der Waals surface area contributed by atoms with E-state index in [0.717, 1.165) is 0 Å². The van der Waals surface area contributed by atoms with Gasteiger partial charge >= 0.3 is 0 Å². The van der Waals surface area contributed by atoms with E-state index < -0.39 is 14.9 Å². The molecular formula is C12H8Br2N2O4S. The molecule has 9 heteroatoms. The Morgan fingerprint density at radius 2 is 1.76 bits per heavy atom. The first-order valence-corrected chi connectivity index (χ1v) is 8.59. The number of halogens is 2. The van der Waals surface area contributed by atoms with Crippen LogP contribution in [0.5, 0.6) is 0 Å². The number of benzene rings is 2. The molecule has 0 aromatic heterocycles. The van der Waals surface area contributed by atoms with Crippen LogP contribution in [0.3, 0.4) is 0 Å². The van der Waals surface area contributed by atoms with Crippen molar-refractivity contribution < 1.29 is 13.3 Å². The van der Waals surface area contributed by atoms with Crippen LogP contribution in [0.2, 0.25) is 0 Å². The number of sulfonamides is 1. The molecular weight excluding hydrogens is 428 g/mol. The Morgan fingerprint density at radius 3 is 2.38 bits per heavy atom. The third kappa shape index (κ3) is 3.60. The van der Waals surface area contributed by atoms with Crippen LogP contribution in [0.4, 0.5) is 11.4 Å². The van der Waals surface area contributed by atoms with Crippen molar-refractivity contribution in [2.24, 2.45) is 0 Å². The Kier molecular flexibility index (Phi) is 4.64. The molecule has 21 heavy (non-hydrogen) atoms. The van der Waals surface area contributed by atoms with E-state index >= 15 is 0 Å². The van der Waals surface area contributed by atoms with Crippen molar-refractivity contribution in [2.45, 2.75) is 4.90 Å². The lowest BCUT2D eigenvalue weighted by atomic mass is 10.3. The second kappa shape index (κ2) is 6.12. The van der Waals surface area contributed by atoms with Gasteiger partial charge in [-0.3, -0.25) is 14.8 Å². The van der Waals surface area contributed by atoms with Crippen LogP contribution >= 0.6 is 31.9 Å². The lowest BCUT2D eigenvalue weighted by molar-refractivity contribution is -0.383. The summed E-state index contributed by atoms with van der Waals surface area (Å²) in [5.41, 5.74) is -0.397. The van der Waals surface area contributed by atoms with Crippen LogP contribution in [-0.4, -0.2) is 13.3 Å². The molecule has 0 atom stereocenters. The van der Waals surface area contributed by atoms with Crippen molar-refractivity contribution >= 4 is 53.3 Å². The second-order valence-electron chi connectivity index (χ2n) is 3.95. The molecule has 2 aromatic carbocycles. The first kappa shape index (κ1) is 15.9. The van der Waals surface area contributed by atoms with Gasteiger partial charge in [0.05, 0.1) is 4.92 Å². The van der Waals surface area contributed by atoms with Crippen LogP contribution in [0.15, 0.2) is 56.3 Å². The minimum absolute atomic E-state index is 0.0103. The van der Waals surface area contributed by atoms with E-state index in [-0.39, 0.29) is 16.3 Å². The van der Waals surface area contributed by atoms with Crippen molar-refractivity contribution in [2.75, 3.05) is 4.72 Å². The summed E-state index contributed by atoms with van der Waals surface area (Å²) in [6, 6.07) is 10.1. The lowest BCUT2D eigenvalue weighted by Gasteiger charge is -2.10. The van der Waals surface area contributed by atoms with Gasteiger partial charge in [0.25, 0.3) is 15.7 Å². The van der Waals surface area contributed by atoms with Gasteiger partial charge in [0, 0.05) is 15.0 Å². The normalized spacial score (nSPS) is 11.1. The molecule has 0 amide bonds. The van der Waals surface area contributed by atoms with Crippen LogP contribution in [0.1, 0.15) is 0 Å². The van der Waals surface area contributed by atoms with Crippen molar-refractivity contribution in [3.05, 3.63) is 61.5 Å². The van der Waals surface area contributed by atoms with E-state index in [1.54, 1.807) is 12.1 Å². The van der Waals surface area contributed by atoms with Gasteiger partial charge in [0.2, 0.25) is 0 Å². The monoisotopic (exact) mass is 434 g/mol. The number of nitro benzene ring substituents is 1. The highest BCUT2D eigenvalue weighted by atomic mass is 79.9. The molecule has 0 spiro atoms. The van der Waals surface area contributed by atoms with Gasteiger partial charge in [0.1, 0.15) is 10.6 Å². The highest BCUT2D eigenvalue weighted by Gasteiger charge is 2.22. The van der Waals surface area contributed by atoms with Gasteiger partial charge < -0.3 is 0 Å². The minimum atomic E-state index is -3.94. The summed E-state index contributed by atoms with van der Waals surface area (Å²) >= 11 is 6.39. The van der Waals surface area contributed by atoms with E-state index in [9.17, 15) is 18.5 Å². The molecule has 2 aromatic rings. The second-order valence-corrected chi connectivity index (χ2v) is 7.38. The quantitative estimate of drug-likeness (QED) is 0.582. The van der Waals surface area contributed by atoms with E-state index in [0.29, 0.717) is 8.95 Å². The maximum atomic E-state index is 12.3. The first-order chi connectivity index (χ1) is 9.81. The predicted molar refractivity (Wildman–Crippen MR) is 85.7 cm³/mol. The largest absolute Gasteiger partial charge is 0.293 e. The number of nitro groups is 1. The molecule has 0 aliphatic carbocycles. The molecule has 110 valence electrons. The summed E-state index contributed by atoms with van der Waals surface area (Å²) in [6.07, 6.45) is 0. The lowest BCUT2D eigenvalue weighted by Crippen LogP contribution is -2.14. The van der Waals surface area contributed by atoms with Crippen molar-refractivity contribution in [1.82, 2.24) is 0 Å². The fraction of sp³-hybridized carbons (Fsp3) is 0. The maximum Gasteiger partial charge on any atom is 0.293 e. The van der Waals surface area contributed by atoms with Gasteiger partial charge in [-0.2, -0.15) is 0 Å². The van der Waals surface area contributed by atoms with E-state index in [2.05, 4.69) is 36.6 Å². The fourth-order valence-corrected chi connectivity index (χ4v) is 4.43. The van der Waals surface area contributed by atoms with Crippen LogP contribution in [0, 0.1) is 10.1 Å². The number of para-hydroxylation sites is 2. The molecule has 0 fully saturated rings. The highest BCUT2D eigenvalue weighted by Crippen LogP contribution is 2.30. The summed E-state index contributed by atoms with van der Waals surface area (Å²) < 4.78 is 27.9. The SMILES string of the molecule is O=[N+]([O-])c1ccccc1NS(=O)(=O)c1ccc(Br)cc1Br. The van der Waals surface area contributed by atoms with Gasteiger partial charge in [0.15, 0.2) is 0 Å². The standard InChI is InChI=1S/C12H8Br2N2O4S/c13-8-5-6-12(9(14)7-8)21(19,20)15-10-3-1-2-4-11(10)16(17)18/h1-7,15H. The molecule has 1 N–H and O–H groups in total. The Labute approximate surface area is 137 Å². The smallest absolute Gasteiger partial charge is 0.273 e. The molecule has 0 heterocycles. The number of nitrogens with zero attached hydrogens (tertiary/aromatic N) is 1. The average Bonchev–Trinajstić information content (AvgIpc) is 2.37. The molecule has 0 radical (unpaired) electrons. The molecule has 0 aliphatic rings. The summed E-state index contributed by atoms with van der Waals surface area (Å²) in [7, 11) is -3.94. The maximum absolute atomic E-state index is 12.3. The molecule has 0 saturated heterocycles. The Balaban J connectivity index is 2.45. The number of rotatable bonds is 4. The molecule has 0 unspecified atom stereocenters. The summed E-state index contributed by atoms with van der Waals surface area (Å²) in [4.78, 5) is 10.3. The van der Waals surface area contributed by atoms with Gasteiger partial charge in [-0.15, -0.1) is 0 Å². The van der Waals surface area contributed by atoms with E-state index in [1.807, 2.05) is 0 Å². The minimum Gasteiger partial charge on any atom is -0.273 e. The highest BCUT2D eigenvalue weighted by molar-refractivity contribution is 9.11. The third-order valence-electron chi connectivity index (χ3n) is 2.53.